The number of amides is 2. The highest BCUT2D eigenvalue weighted by Gasteiger charge is 2.33. The third-order valence-electron chi connectivity index (χ3n) is 5.39. The summed E-state index contributed by atoms with van der Waals surface area (Å²) >= 11 is 0. The van der Waals surface area contributed by atoms with E-state index < -0.39 is 6.10 Å². The molecular formula is C20H28N2O3. The van der Waals surface area contributed by atoms with Crippen LogP contribution in [-0.2, 0) is 14.3 Å². The molecule has 2 aliphatic heterocycles. The van der Waals surface area contributed by atoms with Gasteiger partial charge in [0.2, 0.25) is 5.91 Å². The van der Waals surface area contributed by atoms with Gasteiger partial charge in [0.25, 0.3) is 5.91 Å². The molecule has 2 fully saturated rings. The minimum absolute atomic E-state index is 0.00225. The summed E-state index contributed by atoms with van der Waals surface area (Å²) in [5.41, 5.74) is 0.876. The van der Waals surface area contributed by atoms with Gasteiger partial charge in [-0.05, 0) is 37.7 Å². The van der Waals surface area contributed by atoms with E-state index in [-0.39, 0.29) is 17.7 Å². The fourth-order valence-corrected chi connectivity index (χ4v) is 3.89. The van der Waals surface area contributed by atoms with Crippen molar-refractivity contribution in [3.05, 3.63) is 35.9 Å². The Morgan fingerprint density at radius 1 is 0.960 bits per heavy atom. The number of hydrogen-bond acceptors (Lipinski definition) is 3. The summed E-state index contributed by atoms with van der Waals surface area (Å²) in [4.78, 5) is 29.3. The molecule has 3 rings (SSSR count). The molecule has 0 bridgehead atoms. The topological polar surface area (TPSA) is 49.9 Å². The first-order valence-corrected chi connectivity index (χ1v) is 9.36. The minimum Gasteiger partial charge on any atom is -0.367 e. The van der Waals surface area contributed by atoms with Crippen molar-refractivity contribution in [1.82, 2.24) is 9.80 Å². The fraction of sp³-hybridized carbons (Fsp3) is 0.600. The highest BCUT2D eigenvalue weighted by Crippen LogP contribution is 2.25. The van der Waals surface area contributed by atoms with Crippen LogP contribution >= 0.6 is 0 Å². The van der Waals surface area contributed by atoms with Gasteiger partial charge in [-0.15, -0.1) is 0 Å². The van der Waals surface area contributed by atoms with Crippen molar-refractivity contribution >= 4 is 11.8 Å². The van der Waals surface area contributed by atoms with Crippen LogP contribution in [0.3, 0.4) is 0 Å². The molecule has 0 spiro atoms. The number of nitrogens with zero attached hydrogens (tertiary/aromatic N) is 2. The van der Waals surface area contributed by atoms with E-state index >= 15 is 0 Å². The number of methoxy groups -OCH3 is 1. The van der Waals surface area contributed by atoms with Gasteiger partial charge in [0, 0.05) is 39.2 Å². The number of rotatable bonds is 4. The first-order chi connectivity index (χ1) is 12.2. The summed E-state index contributed by atoms with van der Waals surface area (Å²) in [6, 6.07) is 9.59. The molecule has 0 unspecified atom stereocenters. The van der Waals surface area contributed by atoms with Crippen molar-refractivity contribution in [3.63, 3.8) is 0 Å². The molecule has 5 heteroatoms. The number of likely N-dealkylation sites (tertiary alicyclic amines) is 2. The highest BCUT2D eigenvalue weighted by molar-refractivity contribution is 5.83. The molecule has 2 heterocycles. The van der Waals surface area contributed by atoms with Crippen molar-refractivity contribution < 1.29 is 14.3 Å². The molecule has 25 heavy (non-hydrogen) atoms. The van der Waals surface area contributed by atoms with E-state index in [2.05, 4.69) is 0 Å². The summed E-state index contributed by atoms with van der Waals surface area (Å²) in [5.74, 6) is 0.357. The minimum atomic E-state index is -0.560. The lowest BCUT2D eigenvalue weighted by atomic mass is 9.93. The Hall–Kier alpha value is -1.88. The second kappa shape index (κ2) is 8.48. The first-order valence-electron chi connectivity index (χ1n) is 9.36. The maximum atomic E-state index is 12.8. The molecule has 0 aromatic heterocycles. The number of ether oxygens (including phenoxy) is 1. The van der Waals surface area contributed by atoms with Crippen LogP contribution < -0.4 is 0 Å². The number of benzene rings is 1. The van der Waals surface area contributed by atoms with E-state index in [4.69, 9.17) is 4.74 Å². The molecule has 5 nitrogen and oxygen atoms in total. The third-order valence-corrected chi connectivity index (χ3v) is 5.39. The molecule has 2 aliphatic rings. The largest absolute Gasteiger partial charge is 0.367 e. The van der Waals surface area contributed by atoms with Crippen LogP contribution in [0.4, 0.5) is 0 Å². The number of piperidine rings is 2. The van der Waals surface area contributed by atoms with E-state index in [0.717, 1.165) is 44.3 Å². The lowest BCUT2D eigenvalue weighted by molar-refractivity contribution is -0.147. The summed E-state index contributed by atoms with van der Waals surface area (Å²) in [7, 11) is 1.57. The average molecular weight is 344 g/mol. The van der Waals surface area contributed by atoms with Gasteiger partial charge in [0.15, 0.2) is 6.10 Å². The summed E-state index contributed by atoms with van der Waals surface area (Å²) in [6.45, 7) is 3.07. The van der Waals surface area contributed by atoms with Crippen molar-refractivity contribution in [1.29, 1.82) is 0 Å². The van der Waals surface area contributed by atoms with Crippen LogP contribution in [0.2, 0.25) is 0 Å². The van der Waals surface area contributed by atoms with Crippen LogP contribution in [0, 0.1) is 5.92 Å². The molecule has 1 atom stereocenters. The summed E-state index contributed by atoms with van der Waals surface area (Å²) in [6.07, 6.45) is 4.42. The van der Waals surface area contributed by atoms with Gasteiger partial charge in [0.1, 0.15) is 0 Å². The van der Waals surface area contributed by atoms with Gasteiger partial charge in [0.05, 0.1) is 0 Å². The highest BCUT2D eigenvalue weighted by atomic mass is 16.5. The molecule has 0 aliphatic carbocycles. The zero-order chi connectivity index (χ0) is 17.6. The lowest BCUT2D eigenvalue weighted by Crippen LogP contribution is -2.46. The molecule has 2 saturated heterocycles. The van der Waals surface area contributed by atoms with Crippen LogP contribution in [0.5, 0.6) is 0 Å². The third kappa shape index (κ3) is 4.21. The number of carbonyl (C=O) groups excluding carboxylic acids is 2. The van der Waals surface area contributed by atoms with Crippen molar-refractivity contribution in [3.8, 4) is 0 Å². The number of hydrogen-bond donors (Lipinski definition) is 0. The normalized spacial score (nSPS) is 20.4. The standard InChI is InChI=1S/C20H28N2O3/c1-25-18(16-8-4-2-5-9-16)20(24)22-14-10-17(11-15-22)19(23)21-12-6-3-7-13-21/h2,4-5,8-9,17-18H,3,6-7,10-15H2,1H3/t18-/m1/s1. The van der Waals surface area contributed by atoms with Gasteiger partial charge in [-0.3, -0.25) is 9.59 Å². The molecule has 1 aromatic carbocycles. The van der Waals surface area contributed by atoms with Crippen LogP contribution in [-0.4, -0.2) is 54.9 Å². The molecular weight excluding hydrogens is 316 g/mol. The Balaban J connectivity index is 1.56. The lowest BCUT2D eigenvalue weighted by Gasteiger charge is -2.36. The van der Waals surface area contributed by atoms with Crippen LogP contribution in [0.1, 0.15) is 43.8 Å². The van der Waals surface area contributed by atoms with Crippen molar-refractivity contribution in [2.45, 2.75) is 38.2 Å². The second-order valence-electron chi connectivity index (χ2n) is 7.01. The maximum absolute atomic E-state index is 12.8. The number of carbonyl (C=O) groups is 2. The average Bonchev–Trinajstić information content (AvgIpc) is 2.69. The Morgan fingerprint density at radius 2 is 1.60 bits per heavy atom. The van der Waals surface area contributed by atoms with Gasteiger partial charge in [-0.1, -0.05) is 30.3 Å². The molecule has 136 valence electrons. The maximum Gasteiger partial charge on any atom is 0.256 e. The Bertz CT molecular complexity index is 576. The summed E-state index contributed by atoms with van der Waals surface area (Å²) in [5, 5.41) is 0. The van der Waals surface area contributed by atoms with Crippen molar-refractivity contribution in [2.75, 3.05) is 33.3 Å². The first kappa shape index (κ1) is 17.9. The van der Waals surface area contributed by atoms with Gasteiger partial charge < -0.3 is 14.5 Å². The molecule has 0 saturated carbocycles. The molecule has 0 N–H and O–H groups in total. The fourth-order valence-electron chi connectivity index (χ4n) is 3.89. The van der Waals surface area contributed by atoms with Crippen LogP contribution in [0.25, 0.3) is 0 Å². The zero-order valence-corrected chi connectivity index (χ0v) is 15.0. The van der Waals surface area contributed by atoms with E-state index in [9.17, 15) is 9.59 Å². The van der Waals surface area contributed by atoms with E-state index in [1.807, 2.05) is 40.1 Å². The quantitative estimate of drug-likeness (QED) is 0.844. The predicted molar refractivity (Wildman–Crippen MR) is 95.9 cm³/mol. The van der Waals surface area contributed by atoms with Gasteiger partial charge >= 0.3 is 0 Å². The Labute approximate surface area is 149 Å². The van der Waals surface area contributed by atoms with E-state index in [1.54, 1.807) is 7.11 Å². The van der Waals surface area contributed by atoms with Gasteiger partial charge in [-0.25, -0.2) is 0 Å². The SMILES string of the molecule is CO[C@@H](C(=O)N1CCC(C(=O)N2CCCCC2)CC1)c1ccccc1. The van der Waals surface area contributed by atoms with Crippen molar-refractivity contribution in [2.24, 2.45) is 5.92 Å². The monoisotopic (exact) mass is 344 g/mol. The van der Waals surface area contributed by atoms with Crippen LogP contribution in [0.15, 0.2) is 30.3 Å². The molecule has 2 amide bonds. The molecule has 0 radical (unpaired) electrons. The predicted octanol–water partition coefficient (Wildman–Crippen LogP) is 2.63. The van der Waals surface area contributed by atoms with E-state index in [1.165, 1.54) is 6.42 Å². The molecule has 1 aromatic rings. The zero-order valence-electron chi connectivity index (χ0n) is 15.0. The van der Waals surface area contributed by atoms with E-state index in [0.29, 0.717) is 13.1 Å². The second-order valence-corrected chi connectivity index (χ2v) is 7.01. The smallest absolute Gasteiger partial charge is 0.256 e. The Kier molecular flexibility index (Phi) is 6.08. The van der Waals surface area contributed by atoms with Gasteiger partial charge in [-0.2, -0.15) is 0 Å². The Morgan fingerprint density at radius 3 is 2.20 bits per heavy atom. The summed E-state index contributed by atoms with van der Waals surface area (Å²) < 4.78 is 5.45.